The van der Waals surface area contributed by atoms with Crippen molar-refractivity contribution < 1.29 is 9.47 Å². The summed E-state index contributed by atoms with van der Waals surface area (Å²) in [7, 11) is 0. The van der Waals surface area contributed by atoms with E-state index in [1.54, 1.807) is 0 Å². The molecule has 3 rings (SSSR count). The minimum Gasteiger partial charge on any atom is -0.490 e. The molecule has 1 aromatic heterocycles. The maximum absolute atomic E-state index is 6.16. The van der Waals surface area contributed by atoms with E-state index < -0.39 is 0 Å². The lowest BCUT2D eigenvalue weighted by Gasteiger charge is -2.27. The smallest absolute Gasteiger partial charge is 0.227 e. The zero-order valence-corrected chi connectivity index (χ0v) is 13.6. The van der Waals surface area contributed by atoms with Gasteiger partial charge in [-0.3, -0.25) is 0 Å². The number of nitrogens with one attached hydrogen (secondary N) is 1. The molecule has 23 heavy (non-hydrogen) atoms. The first-order chi connectivity index (χ1) is 11.2. The number of hydrogen-bond donors (Lipinski definition) is 2. The number of fused-ring (bicyclic) bond motifs is 1. The van der Waals surface area contributed by atoms with Crippen molar-refractivity contribution in [1.82, 2.24) is 15.3 Å². The van der Waals surface area contributed by atoms with E-state index in [2.05, 4.69) is 20.2 Å². The summed E-state index contributed by atoms with van der Waals surface area (Å²) in [5.41, 5.74) is 6.94. The average Bonchev–Trinajstić information content (AvgIpc) is 2.57. The van der Waals surface area contributed by atoms with E-state index in [9.17, 15) is 0 Å². The zero-order chi connectivity index (χ0) is 16.2. The topological polar surface area (TPSA) is 85.5 Å². The van der Waals surface area contributed by atoms with Gasteiger partial charge in [0.25, 0.3) is 0 Å². The molecule has 1 saturated heterocycles. The van der Waals surface area contributed by atoms with E-state index in [1.165, 1.54) is 0 Å². The van der Waals surface area contributed by atoms with E-state index in [1.807, 2.05) is 26.0 Å². The van der Waals surface area contributed by atoms with Crippen molar-refractivity contribution in [1.29, 1.82) is 0 Å². The van der Waals surface area contributed by atoms with Gasteiger partial charge in [0.15, 0.2) is 11.5 Å². The highest BCUT2D eigenvalue weighted by atomic mass is 16.5. The Morgan fingerprint density at radius 2 is 1.74 bits per heavy atom. The number of anilines is 2. The van der Waals surface area contributed by atoms with Crippen molar-refractivity contribution in [3.8, 4) is 11.5 Å². The maximum atomic E-state index is 6.16. The minimum atomic E-state index is 0.465. The summed E-state index contributed by atoms with van der Waals surface area (Å²) in [5, 5.41) is 4.11. The molecular formula is C16H23N5O2. The Labute approximate surface area is 135 Å². The molecule has 1 aliphatic rings. The second-order valence-corrected chi connectivity index (χ2v) is 5.33. The standard InChI is InChI=1S/C16H23N5O2/c1-3-22-13-9-11-12(10-14(13)23-4-2)19-16(20-15(11)17)21-7-5-18-6-8-21/h9-10,18H,3-8H2,1-2H3,(H2,17,19,20). The van der Waals surface area contributed by atoms with Gasteiger partial charge in [-0.2, -0.15) is 4.98 Å². The molecule has 0 amide bonds. The maximum Gasteiger partial charge on any atom is 0.227 e. The van der Waals surface area contributed by atoms with Crippen molar-refractivity contribution in [3.63, 3.8) is 0 Å². The average molecular weight is 317 g/mol. The molecule has 2 aromatic rings. The minimum absolute atomic E-state index is 0.465. The van der Waals surface area contributed by atoms with Crippen LogP contribution in [0.2, 0.25) is 0 Å². The van der Waals surface area contributed by atoms with Gasteiger partial charge >= 0.3 is 0 Å². The van der Waals surface area contributed by atoms with Crippen LogP contribution in [0.4, 0.5) is 11.8 Å². The summed E-state index contributed by atoms with van der Waals surface area (Å²) in [6, 6.07) is 3.74. The van der Waals surface area contributed by atoms with Gasteiger partial charge in [-0.05, 0) is 19.9 Å². The van der Waals surface area contributed by atoms with Crippen LogP contribution in [0.15, 0.2) is 12.1 Å². The molecule has 0 unspecified atom stereocenters. The van der Waals surface area contributed by atoms with Crippen LogP contribution in [0.25, 0.3) is 10.9 Å². The number of rotatable bonds is 5. The fraction of sp³-hybridized carbons (Fsp3) is 0.500. The first-order valence-corrected chi connectivity index (χ1v) is 8.05. The van der Waals surface area contributed by atoms with Crippen LogP contribution in [0.1, 0.15) is 13.8 Å². The van der Waals surface area contributed by atoms with Crippen molar-refractivity contribution in [3.05, 3.63) is 12.1 Å². The normalized spacial score (nSPS) is 15.0. The van der Waals surface area contributed by atoms with Gasteiger partial charge in [0.1, 0.15) is 5.82 Å². The Morgan fingerprint density at radius 3 is 2.39 bits per heavy atom. The van der Waals surface area contributed by atoms with Gasteiger partial charge < -0.3 is 25.4 Å². The lowest BCUT2D eigenvalue weighted by Crippen LogP contribution is -2.44. The second kappa shape index (κ2) is 6.87. The summed E-state index contributed by atoms with van der Waals surface area (Å²) in [5.74, 6) is 2.49. The van der Waals surface area contributed by atoms with Crippen molar-refractivity contribution in [2.75, 3.05) is 50.0 Å². The van der Waals surface area contributed by atoms with Crippen LogP contribution >= 0.6 is 0 Å². The molecule has 1 aliphatic heterocycles. The summed E-state index contributed by atoms with van der Waals surface area (Å²) < 4.78 is 11.3. The SMILES string of the molecule is CCOc1cc2nc(N3CCNCC3)nc(N)c2cc1OCC. The lowest BCUT2D eigenvalue weighted by atomic mass is 10.2. The van der Waals surface area contributed by atoms with Crippen molar-refractivity contribution in [2.24, 2.45) is 0 Å². The molecule has 1 fully saturated rings. The predicted octanol–water partition coefficient (Wildman–Crippen LogP) is 1.42. The van der Waals surface area contributed by atoms with Gasteiger partial charge in [0.05, 0.1) is 18.7 Å². The molecule has 2 heterocycles. The van der Waals surface area contributed by atoms with Crippen LogP contribution in [0.3, 0.4) is 0 Å². The number of aromatic nitrogens is 2. The van der Waals surface area contributed by atoms with E-state index >= 15 is 0 Å². The first kappa shape index (κ1) is 15.6. The predicted molar refractivity (Wildman–Crippen MR) is 91.4 cm³/mol. The van der Waals surface area contributed by atoms with Crippen LogP contribution in [-0.2, 0) is 0 Å². The molecular weight excluding hydrogens is 294 g/mol. The van der Waals surface area contributed by atoms with E-state index in [-0.39, 0.29) is 0 Å². The highest BCUT2D eigenvalue weighted by Crippen LogP contribution is 2.34. The van der Waals surface area contributed by atoms with E-state index in [0.29, 0.717) is 36.5 Å². The Bertz CT molecular complexity index is 686. The molecule has 0 bridgehead atoms. The summed E-state index contributed by atoms with van der Waals surface area (Å²) >= 11 is 0. The summed E-state index contributed by atoms with van der Waals surface area (Å²) in [4.78, 5) is 11.3. The van der Waals surface area contributed by atoms with Crippen LogP contribution in [0.5, 0.6) is 11.5 Å². The largest absolute Gasteiger partial charge is 0.490 e. The van der Waals surface area contributed by atoms with Crippen LogP contribution in [0, 0.1) is 0 Å². The molecule has 124 valence electrons. The molecule has 0 saturated carbocycles. The molecule has 0 radical (unpaired) electrons. The number of hydrogen-bond acceptors (Lipinski definition) is 7. The molecule has 7 heteroatoms. The third-order valence-corrected chi connectivity index (χ3v) is 3.78. The molecule has 3 N–H and O–H groups in total. The van der Waals surface area contributed by atoms with Gasteiger partial charge in [0.2, 0.25) is 5.95 Å². The van der Waals surface area contributed by atoms with Crippen molar-refractivity contribution in [2.45, 2.75) is 13.8 Å². The molecule has 7 nitrogen and oxygen atoms in total. The second-order valence-electron chi connectivity index (χ2n) is 5.33. The first-order valence-electron chi connectivity index (χ1n) is 8.05. The third-order valence-electron chi connectivity index (χ3n) is 3.78. The monoisotopic (exact) mass is 317 g/mol. The Hall–Kier alpha value is -2.28. The fourth-order valence-corrected chi connectivity index (χ4v) is 2.69. The molecule has 0 atom stereocenters. The lowest BCUT2D eigenvalue weighted by molar-refractivity contribution is 0.288. The highest BCUT2D eigenvalue weighted by Gasteiger charge is 2.17. The third kappa shape index (κ3) is 3.24. The van der Waals surface area contributed by atoms with Gasteiger partial charge in [-0.15, -0.1) is 0 Å². The summed E-state index contributed by atoms with van der Waals surface area (Å²) in [6.45, 7) is 8.61. The number of benzene rings is 1. The van der Waals surface area contributed by atoms with Crippen LogP contribution < -0.4 is 25.4 Å². The fourth-order valence-electron chi connectivity index (χ4n) is 2.69. The van der Waals surface area contributed by atoms with Crippen molar-refractivity contribution >= 4 is 22.7 Å². The number of ether oxygens (including phenoxy) is 2. The summed E-state index contributed by atoms with van der Waals surface area (Å²) in [6.07, 6.45) is 0. The van der Waals surface area contributed by atoms with Gasteiger partial charge in [-0.1, -0.05) is 0 Å². The van der Waals surface area contributed by atoms with Gasteiger partial charge in [-0.25, -0.2) is 4.98 Å². The quantitative estimate of drug-likeness (QED) is 0.862. The van der Waals surface area contributed by atoms with Gasteiger partial charge in [0, 0.05) is 37.6 Å². The van der Waals surface area contributed by atoms with Crippen LogP contribution in [-0.4, -0.2) is 49.4 Å². The van der Waals surface area contributed by atoms with E-state index in [0.717, 1.165) is 37.1 Å². The Balaban J connectivity index is 2.05. The highest BCUT2D eigenvalue weighted by molar-refractivity contribution is 5.91. The number of nitrogen functional groups attached to an aromatic ring is 1. The zero-order valence-electron chi connectivity index (χ0n) is 13.6. The number of piperazine rings is 1. The Morgan fingerprint density at radius 1 is 1.09 bits per heavy atom. The molecule has 1 aromatic carbocycles. The molecule has 0 spiro atoms. The van der Waals surface area contributed by atoms with E-state index in [4.69, 9.17) is 15.2 Å². The number of nitrogens with two attached hydrogens (primary N) is 1. The number of nitrogens with zero attached hydrogens (tertiary/aromatic N) is 3. The Kier molecular flexibility index (Phi) is 4.66. The molecule has 0 aliphatic carbocycles.